The summed E-state index contributed by atoms with van der Waals surface area (Å²) in [6.45, 7) is 0. The Kier molecular flexibility index (Phi) is 10.1. The number of rotatable bonds is 8. The van der Waals surface area contributed by atoms with E-state index in [-0.39, 0.29) is 62.5 Å². The van der Waals surface area contributed by atoms with Crippen LogP contribution >= 0.6 is 0 Å². The Hall–Kier alpha value is -5.14. The van der Waals surface area contributed by atoms with E-state index in [4.69, 9.17) is 11.5 Å². The SMILES string of the molecule is Nc1cccc(N=Nc2c(S(=O)(=O)O)cc3cc(Nc4ccc5c(O)c(N=Nc6cccc(N)c6)c(S(=O)(=O)O)cc5c4)ccc3c2O)c1.[Na+]. The molecular formula is C32H25N7NaO8S2+. The number of azo groups is 2. The minimum Gasteiger partial charge on any atom is -0.505 e. The minimum absolute atomic E-state index is 0. The maximum absolute atomic E-state index is 12.3. The first kappa shape index (κ1) is 36.1. The predicted octanol–water partition coefficient (Wildman–Crippen LogP) is 4.64. The van der Waals surface area contributed by atoms with Gasteiger partial charge >= 0.3 is 29.6 Å². The third-order valence-electron chi connectivity index (χ3n) is 7.22. The first-order valence-corrected chi connectivity index (χ1v) is 16.9. The fourth-order valence-corrected chi connectivity index (χ4v) is 6.32. The smallest absolute Gasteiger partial charge is 0.505 e. The summed E-state index contributed by atoms with van der Waals surface area (Å²) in [5.41, 5.74) is 12.7. The molecule has 50 heavy (non-hydrogen) atoms. The Morgan fingerprint density at radius 1 is 0.540 bits per heavy atom. The van der Waals surface area contributed by atoms with Gasteiger partial charge in [0.05, 0.1) is 11.4 Å². The van der Waals surface area contributed by atoms with Gasteiger partial charge in [-0.2, -0.15) is 27.1 Å². The zero-order valence-electron chi connectivity index (χ0n) is 25.9. The Morgan fingerprint density at radius 2 is 0.940 bits per heavy atom. The van der Waals surface area contributed by atoms with Crippen LogP contribution in [0, 0.1) is 0 Å². The van der Waals surface area contributed by atoms with Crippen LogP contribution < -0.4 is 46.3 Å². The quantitative estimate of drug-likeness (QED) is 0.0492. The van der Waals surface area contributed by atoms with Crippen molar-refractivity contribution < 1.29 is 65.7 Å². The van der Waals surface area contributed by atoms with Crippen LogP contribution in [-0.2, 0) is 20.2 Å². The first-order chi connectivity index (χ1) is 23.2. The number of hydrogen-bond acceptors (Lipinski definition) is 13. The number of nitrogens with zero attached hydrogens (tertiary/aromatic N) is 4. The second-order valence-corrected chi connectivity index (χ2v) is 13.5. The summed E-state index contributed by atoms with van der Waals surface area (Å²) in [4.78, 5) is -1.38. The van der Waals surface area contributed by atoms with E-state index < -0.39 is 52.9 Å². The molecule has 0 heterocycles. The zero-order valence-corrected chi connectivity index (χ0v) is 29.6. The molecule has 0 aliphatic rings. The molecule has 0 unspecified atom stereocenters. The maximum Gasteiger partial charge on any atom is 1.00 e. The van der Waals surface area contributed by atoms with E-state index in [2.05, 4.69) is 25.8 Å². The van der Waals surface area contributed by atoms with Gasteiger partial charge < -0.3 is 27.0 Å². The molecule has 0 amide bonds. The molecule has 0 atom stereocenters. The fourth-order valence-electron chi connectivity index (χ4n) is 5.00. The molecule has 6 aromatic carbocycles. The number of anilines is 4. The molecule has 0 bridgehead atoms. The van der Waals surface area contributed by atoms with Gasteiger partial charge in [-0.15, -0.1) is 10.2 Å². The van der Waals surface area contributed by atoms with E-state index in [1.165, 1.54) is 36.4 Å². The van der Waals surface area contributed by atoms with Gasteiger partial charge in [-0.05, 0) is 95.7 Å². The number of benzene rings is 6. The molecule has 0 saturated heterocycles. The van der Waals surface area contributed by atoms with E-state index in [0.717, 1.165) is 12.1 Å². The monoisotopic (exact) mass is 722 g/mol. The summed E-state index contributed by atoms with van der Waals surface area (Å²) in [5, 5.41) is 41.5. The average molecular weight is 723 g/mol. The van der Waals surface area contributed by atoms with Crippen molar-refractivity contribution in [3.63, 3.8) is 0 Å². The summed E-state index contributed by atoms with van der Waals surface area (Å²) < 4.78 is 69.1. The van der Waals surface area contributed by atoms with Gasteiger partial charge in [0.2, 0.25) is 0 Å². The van der Waals surface area contributed by atoms with Crippen molar-refractivity contribution in [2.45, 2.75) is 9.79 Å². The van der Waals surface area contributed by atoms with Crippen molar-refractivity contribution in [1.82, 2.24) is 0 Å². The van der Waals surface area contributed by atoms with Gasteiger partial charge in [0, 0.05) is 33.5 Å². The van der Waals surface area contributed by atoms with Gasteiger partial charge in [0.25, 0.3) is 20.2 Å². The van der Waals surface area contributed by atoms with Crippen LogP contribution in [0.1, 0.15) is 0 Å². The fraction of sp³-hybridized carbons (Fsp3) is 0. The summed E-state index contributed by atoms with van der Waals surface area (Å²) in [7, 11) is -9.75. The van der Waals surface area contributed by atoms with Crippen molar-refractivity contribution in [2.24, 2.45) is 20.5 Å². The molecule has 6 rings (SSSR count). The molecule has 0 radical (unpaired) electrons. The largest absolute Gasteiger partial charge is 1.00 e. The number of fused-ring (bicyclic) bond motifs is 2. The van der Waals surface area contributed by atoms with Crippen molar-refractivity contribution >= 4 is 87.3 Å². The third kappa shape index (κ3) is 7.68. The summed E-state index contributed by atoms with van der Waals surface area (Å²) in [5.74, 6) is -1.10. The molecule has 18 heteroatoms. The third-order valence-corrected chi connectivity index (χ3v) is 8.95. The van der Waals surface area contributed by atoms with E-state index in [0.29, 0.717) is 22.7 Å². The molecule has 15 nitrogen and oxygen atoms in total. The molecule has 9 N–H and O–H groups in total. The van der Waals surface area contributed by atoms with Gasteiger partial charge in [-0.3, -0.25) is 9.11 Å². The van der Waals surface area contributed by atoms with Gasteiger partial charge in [-0.1, -0.05) is 12.1 Å². The Morgan fingerprint density at radius 3 is 1.30 bits per heavy atom. The summed E-state index contributed by atoms with van der Waals surface area (Å²) >= 11 is 0. The Labute approximate surface area is 306 Å². The molecule has 0 aliphatic carbocycles. The van der Waals surface area contributed by atoms with Crippen molar-refractivity contribution in [1.29, 1.82) is 0 Å². The number of nitrogens with one attached hydrogen (secondary N) is 1. The number of aromatic hydroxyl groups is 2. The van der Waals surface area contributed by atoms with Crippen LogP contribution in [0.5, 0.6) is 11.5 Å². The zero-order chi connectivity index (χ0) is 35.1. The molecule has 248 valence electrons. The second-order valence-electron chi connectivity index (χ2n) is 10.7. The second kappa shape index (κ2) is 14.0. The van der Waals surface area contributed by atoms with Crippen LogP contribution in [0.25, 0.3) is 21.5 Å². The van der Waals surface area contributed by atoms with Gasteiger partial charge in [-0.25, -0.2) is 0 Å². The van der Waals surface area contributed by atoms with Crippen molar-refractivity contribution in [3.05, 3.63) is 97.1 Å². The predicted molar refractivity (Wildman–Crippen MR) is 184 cm³/mol. The van der Waals surface area contributed by atoms with Gasteiger partial charge in [0.15, 0.2) is 11.5 Å². The Bertz CT molecular complexity index is 2420. The minimum atomic E-state index is -4.87. The summed E-state index contributed by atoms with van der Waals surface area (Å²) in [6, 6.07) is 23.9. The van der Waals surface area contributed by atoms with Crippen molar-refractivity contribution in [3.8, 4) is 11.5 Å². The summed E-state index contributed by atoms with van der Waals surface area (Å²) in [6.07, 6.45) is 0. The van der Waals surface area contributed by atoms with Crippen LogP contribution in [0.4, 0.5) is 45.5 Å². The van der Waals surface area contributed by atoms with Crippen LogP contribution in [0.15, 0.2) is 127 Å². The molecule has 0 fully saturated rings. The van der Waals surface area contributed by atoms with Crippen LogP contribution in [0.2, 0.25) is 0 Å². The number of phenolic OH excluding ortho intramolecular Hbond substituents is 2. The number of nitrogens with two attached hydrogens (primary N) is 2. The average Bonchev–Trinajstić information content (AvgIpc) is 3.03. The number of phenols is 2. The van der Waals surface area contributed by atoms with Crippen LogP contribution in [0.3, 0.4) is 0 Å². The standard InChI is InChI=1S/C32H25N7O8S2.Na/c33-19-3-1-5-23(15-19)36-38-29-27(48(42,43)44)13-17-11-21(7-9-25(17)31(29)40)35-22-8-10-26-18(12-22)14-28(49(45,46)47)30(32(26)41)39-37-24-6-2-4-20(34)16-24;/h1-16,35,40-41H,33-34H2,(H,42,43,44)(H,45,46,47);/q;+1. The molecule has 0 aliphatic heterocycles. The van der Waals surface area contributed by atoms with Crippen molar-refractivity contribution in [2.75, 3.05) is 16.8 Å². The first-order valence-electron chi connectivity index (χ1n) is 14.0. The Balaban J connectivity index is 0.00000486. The topological polar surface area (TPSA) is 263 Å². The van der Waals surface area contributed by atoms with E-state index in [1.807, 2.05) is 0 Å². The normalized spacial score (nSPS) is 12.1. The molecule has 0 aromatic heterocycles. The van der Waals surface area contributed by atoms with E-state index in [9.17, 15) is 36.2 Å². The van der Waals surface area contributed by atoms with E-state index in [1.54, 1.807) is 48.5 Å². The number of nitrogen functional groups attached to an aromatic ring is 2. The van der Waals surface area contributed by atoms with E-state index >= 15 is 0 Å². The molecule has 0 saturated carbocycles. The van der Waals surface area contributed by atoms with Crippen LogP contribution in [-0.4, -0.2) is 36.2 Å². The maximum atomic E-state index is 12.3. The molecule has 6 aromatic rings. The number of hydrogen-bond donors (Lipinski definition) is 7. The van der Waals surface area contributed by atoms with Gasteiger partial charge in [0.1, 0.15) is 21.2 Å². The molecular weight excluding hydrogens is 698 g/mol. The molecule has 0 spiro atoms.